The number of piperidine rings is 1. The number of likely N-dealkylation sites (tertiary alicyclic amines) is 1. The Bertz CT molecular complexity index is 1310. The van der Waals surface area contributed by atoms with Crippen molar-refractivity contribution in [3.05, 3.63) is 60.2 Å². The monoisotopic (exact) mass is 475 g/mol. The van der Waals surface area contributed by atoms with Gasteiger partial charge in [-0.05, 0) is 25.0 Å². The molecule has 0 bridgehead atoms. The van der Waals surface area contributed by atoms with Gasteiger partial charge < -0.3 is 30.3 Å². The third kappa shape index (κ3) is 5.24. The molecule has 4 heterocycles. The number of nitrogens with one attached hydrogen (secondary N) is 2. The number of para-hydroxylation sites is 2. The third-order valence-corrected chi connectivity index (χ3v) is 6.21. The van der Waals surface area contributed by atoms with E-state index >= 15 is 0 Å². The largest absolute Gasteiger partial charge is 0.444 e. The zero-order valence-electron chi connectivity index (χ0n) is 19.6. The van der Waals surface area contributed by atoms with Crippen molar-refractivity contribution < 1.29 is 9.21 Å². The Labute approximate surface area is 202 Å². The molecule has 35 heavy (non-hydrogen) atoms. The maximum absolute atomic E-state index is 12.3. The van der Waals surface area contributed by atoms with Crippen LogP contribution in [0.4, 0.5) is 11.8 Å². The van der Waals surface area contributed by atoms with Gasteiger partial charge in [-0.2, -0.15) is 0 Å². The first kappa shape index (κ1) is 22.8. The predicted octanol–water partition coefficient (Wildman–Crippen LogP) is 2.06. The molecule has 0 saturated carbocycles. The van der Waals surface area contributed by atoms with Crippen molar-refractivity contribution in [3.8, 4) is 0 Å². The summed E-state index contributed by atoms with van der Waals surface area (Å²) in [6, 6.07) is 8.42. The van der Waals surface area contributed by atoms with Crippen molar-refractivity contribution in [1.82, 2.24) is 34.7 Å². The van der Waals surface area contributed by atoms with Gasteiger partial charge in [-0.1, -0.05) is 12.1 Å². The van der Waals surface area contributed by atoms with Gasteiger partial charge in [0.05, 0.1) is 23.8 Å². The highest BCUT2D eigenvalue weighted by molar-refractivity contribution is 5.96. The molecule has 11 nitrogen and oxygen atoms in total. The summed E-state index contributed by atoms with van der Waals surface area (Å²) >= 11 is 0. The number of aryl methyl sites for hydroxylation is 1. The van der Waals surface area contributed by atoms with Crippen molar-refractivity contribution in [2.75, 3.05) is 37.2 Å². The summed E-state index contributed by atoms with van der Waals surface area (Å²) in [5.74, 6) is 2.14. The molecular weight excluding hydrogens is 446 g/mol. The minimum absolute atomic E-state index is 0.140. The fraction of sp³-hybridized carbons (Fsp3) is 0.375. The van der Waals surface area contributed by atoms with Gasteiger partial charge in [0.2, 0.25) is 5.95 Å². The average molecular weight is 476 g/mol. The van der Waals surface area contributed by atoms with Crippen LogP contribution in [-0.4, -0.2) is 67.5 Å². The topological polar surface area (TPSA) is 140 Å². The van der Waals surface area contributed by atoms with Crippen LogP contribution in [0.2, 0.25) is 0 Å². The molecule has 182 valence electrons. The van der Waals surface area contributed by atoms with Gasteiger partial charge >= 0.3 is 0 Å². The molecule has 1 saturated heterocycles. The first-order chi connectivity index (χ1) is 17.1. The van der Waals surface area contributed by atoms with Crippen LogP contribution in [-0.2, 0) is 6.54 Å². The van der Waals surface area contributed by atoms with Crippen LogP contribution in [0.15, 0.2) is 47.3 Å². The lowest BCUT2D eigenvalue weighted by atomic mass is 10.1. The van der Waals surface area contributed by atoms with E-state index in [1.54, 1.807) is 6.20 Å². The van der Waals surface area contributed by atoms with Crippen molar-refractivity contribution in [2.24, 2.45) is 0 Å². The molecule has 1 aromatic carbocycles. The molecule has 11 heteroatoms. The molecule has 3 aromatic heterocycles. The molecule has 1 aliphatic heterocycles. The lowest BCUT2D eigenvalue weighted by Crippen LogP contribution is -2.43. The van der Waals surface area contributed by atoms with Gasteiger partial charge in [-0.25, -0.2) is 19.9 Å². The highest BCUT2D eigenvalue weighted by Gasteiger charge is 2.22. The number of carbonyl (C=O) groups is 1. The van der Waals surface area contributed by atoms with E-state index in [1.165, 1.54) is 12.4 Å². The molecule has 0 atom stereocenters. The molecule has 4 N–H and O–H groups in total. The third-order valence-electron chi connectivity index (χ3n) is 6.21. The molecule has 4 aromatic rings. The molecule has 5 rings (SSSR count). The Balaban J connectivity index is 1.16. The number of fused-ring (bicyclic) bond motifs is 1. The smallest absolute Gasteiger partial charge is 0.273 e. The molecule has 1 amide bonds. The standard InChI is InChI=1S/C24H29N9O2/c1-16-29-14-18(35-16)15-33-20-5-3-2-4-19(20)31-24(33)30-17-6-11-32(12-7-17)13-10-28-23(34)21-22(25)27-9-8-26-21/h2-5,8-9,14,17H,6-7,10-13,15H2,1H3,(H2,25,27)(H,28,34)(H,30,31). The van der Waals surface area contributed by atoms with Crippen LogP contribution in [0.25, 0.3) is 11.0 Å². The second-order valence-corrected chi connectivity index (χ2v) is 8.66. The van der Waals surface area contributed by atoms with Crippen molar-refractivity contribution >= 4 is 28.7 Å². The molecule has 0 spiro atoms. The van der Waals surface area contributed by atoms with E-state index < -0.39 is 0 Å². The van der Waals surface area contributed by atoms with E-state index in [-0.39, 0.29) is 17.4 Å². The Hall–Kier alpha value is -3.99. The Kier molecular flexibility index (Phi) is 6.57. The zero-order valence-corrected chi connectivity index (χ0v) is 19.6. The number of nitrogen functional groups attached to an aromatic ring is 1. The average Bonchev–Trinajstić information content (AvgIpc) is 3.43. The van der Waals surface area contributed by atoms with Crippen LogP contribution in [0, 0.1) is 6.92 Å². The molecule has 1 fully saturated rings. The number of carbonyl (C=O) groups excluding carboxylic acids is 1. The maximum Gasteiger partial charge on any atom is 0.273 e. The second kappa shape index (κ2) is 10.1. The van der Waals surface area contributed by atoms with Crippen LogP contribution in [0.1, 0.15) is 35.0 Å². The van der Waals surface area contributed by atoms with Gasteiger partial charge in [0, 0.05) is 51.5 Å². The number of hydrogen-bond donors (Lipinski definition) is 3. The van der Waals surface area contributed by atoms with Gasteiger partial charge in [0.15, 0.2) is 17.4 Å². The van der Waals surface area contributed by atoms with Gasteiger partial charge in [0.1, 0.15) is 5.76 Å². The van der Waals surface area contributed by atoms with Crippen molar-refractivity contribution in [1.29, 1.82) is 0 Å². The fourth-order valence-electron chi connectivity index (χ4n) is 4.40. The van der Waals surface area contributed by atoms with E-state index in [1.807, 2.05) is 25.1 Å². The lowest BCUT2D eigenvalue weighted by molar-refractivity contribution is 0.0941. The van der Waals surface area contributed by atoms with E-state index in [0.29, 0.717) is 25.0 Å². The van der Waals surface area contributed by atoms with E-state index in [4.69, 9.17) is 15.1 Å². The minimum atomic E-state index is -0.298. The Morgan fingerprint density at radius 3 is 2.74 bits per heavy atom. The summed E-state index contributed by atoms with van der Waals surface area (Å²) in [6.07, 6.45) is 6.66. The first-order valence-electron chi connectivity index (χ1n) is 11.8. The van der Waals surface area contributed by atoms with E-state index in [9.17, 15) is 4.79 Å². The van der Waals surface area contributed by atoms with Crippen LogP contribution < -0.4 is 16.4 Å². The molecule has 0 radical (unpaired) electrons. The zero-order chi connectivity index (χ0) is 24.2. The summed E-state index contributed by atoms with van der Waals surface area (Å²) in [5.41, 5.74) is 7.90. The number of amides is 1. The van der Waals surface area contributed by atoms with Gasteiger partial charge in [-0.15, -0.1) is 0 Å². The van der Waals surface area contributed by atoms with Crippen molar-refractivity contribution in [2.45, 2.75) is 32.4 Å². The highest BCUT2D eigenvalue weighted by atomic mass is 16.4. The van der Waals surface area contributed by atoms with Gasteiger partial charge in [0.25, 0.3) is 5.91 Å². The number of aromatic nitrogens is 5. The fourth-order valence-corrected chi connectivity index (χ4v) is 4.40. The minimum Gasteiger partial charge on any atom is -0.444 e. The number of nitrogens with zero attached hydrogens (tertiary/aromatic N) is 6. The summed E-state index contributed by atoms with van der Waals surface area (Å²) in [5, 5.41) is 6.53. The number of nitrogens with two attached hydrogens (primary N) is 1. The molecule has 1 aliphatic rings. The van der Waals surface area contributed by atoms with Crippen LogP contribution in [0.5, 0.6) is 0 Å². The highest BCUT2D eigenvalue weighted by Crippen LogP contribution is 2.24. The Morgan fingerprint density at radius 1 is 1.17 bits per heavy atom. The number of benzene rings is 1. The molecule has 0 unspecified atom stereocenters. The predicted molar refractivity (Wildman–Crippen MR) is 132 cm³/mol. The first-order valence-corrected chi connectivity index (χ1v) is 11.8. The van der Waals surface area contributed by atoms with Gasteiger partial charge in [-0.3, -0.25) is 4.79 Å². The quantitative estimate of drug-likeness (QED) is 0.349. The van der Waals surface area contributed by atoms with Crippen LogP contribution in [0.3, 0.4) is 0 Å². The second-order valence-electron chi connectivity index (χ2n) is 8.66. The summed E-state index contributed by atoms with van der Waals surface area (Å²) in [4.78, 5) is 31.6. The van der Waals surface area contributed by atoms with E-state index in [2.05, 4.69) is 41.1 Å². The summed E-state index contributed by atoms with van der Waals surface area (Å²) in [7, 11) is 0. The molecule has 0 aliphatic carbocycles. The Morgan fingerprint density at radius 2 is 1.97 bits per heavy atom. The lowest BCUT2D eigenvalue weighted by Gasteiger charge is -2.32. The summed E-state index contributed by atoms with van der Waals surface area (Å²) in [6.45, 7) is 5.57. The number of imidazole rings is 1. The SMILES string of the molecule is Cc1ncc(Cn2c(NC3CCN(CCNC(=O)c4nccnc4N)CC3)nc3ccccc32)o1. The maximum atomic E-state index is 12.3. The number of anilines is 2. The number of oxazole rings is 1. The van der Waals surface area contributed by atoms with Crippen LogP contribution >= 0.6 is 0 Å². The number of hydrogen-bond acceptors (Lipinski definition) is 9. The van der Waals surface area contributed by atoms with Crippen molar-refractivity contribution in [3.63, 3.8) is 0 Å². The van der Waals surface area contributed by atoms with E-state index in [0.717, 1.165) is 55.2 Å². The molecular formula is C24H29N9O2. The normalized spacial score (nSPS) is 14.9. The number of rotatable bonds is 8. The summed E-state index contributed by atoms with van der Waals surface area (Å²) < 4.78 is 7.86.